The third kappa shape index (κ3) is 4.19. The molecule has 3 aromatic rings. The van der Waals surface area contributed by atoms with Crippen LogP contribution in [-0.2, 0) is 4.79 Å². The molecule has 1 aliphatic carbocycles. The summed E-state index contributed by atoms with van der Waals surface area (Å²) in [5, 5.41) is 3.53. The molecule has 1 heterocycles. The van der Waals surface area contributed by atoms with Gasteiger partial charge in [0.1, 0.15) is 5.25 Å². The molecule has 2 aromatic carbocycles. The molecule has 26 heavy (non-hydrogen) atoms. The Bertz CT molecular complexity index is 891. The second kappa shape index (κ2) is 7.68. The number of H-pyrrole nitrogens is 1. The van der Waals surface area contributed by atoms with E-state index in [0.717, 1.165) is 39.3 Å². The lowest BCUT2D eigenvalue weighted by Crippen LogP contribution is -2.29. The van der Waals surface area contributed by atoms with Gasteiger partial charge in [0.05, 0.1) is 11.9 Å². The number of nitrogens with zero attached hydrogens (tertiary/aromatic N) is 1. The first-order chi connectivity index (χ1) is 12.7. The highest BCUT2D eigenvalue weighted by Crippen LogP contribution is 2.35. The van der Waals surface area contributed by atoms with E-state index in [4.69, 9.17) is 0 Å². The van der Waals surface area contributed by atoms with Crippen molar-refractivity contribution in [1.82, 2.24) is 15.3 Å². The van der Waals surface area contributed by atoms with E-state index in [9.17, 15) is 4.79 Å². The molecule has 0 aliphatic heterocycles. The summed E-state index contributed by atoms with van der Waals surface area (Å²) in [6.45, 7) is 0. The van der Waals surface area contributed by atoms with Crippen molar-refractivity contribution in [2.75, 3.05) is 0 Å². The minimum Gasteiger partial charge on any atom is -0.352 e. The minimum absolute atomic E-state index is 0.0466. The second-order valence-corrected chi connectivity index (χ2v) is 8.31. The Morgan fingerprint density at radius 3 is 2.58 bits per heavy atom. The summed E-state index contributed by atoms with van der Waals surface area (Å²) in [6.07, 6.45) is 3.96. The van der Waals surface area contributed by atoms with Gasteiger partial charge in [-0.15, -0.1) is 0 Å². The predicted octanol–water partition coefficient (Wildman–Crippen LogP) is 4.95. The number of imidazole rings is 1. The molecule has 2 N–H and O–H groups in total. The molecule has 1 saturated carbocycles. The maximum Gasteiger partial charge on any atom is 0.238 e. The van der Waals surface area contributed by atoms with Gasteiger partial charge >= 0.3 is 0 Å². The number of aromatic amines is 1. The number of hydrogen-bond acceptors (Lipinski definition) is 3. The largest absolute Gasteiger partial charge is 0.352 e. The van der Waals surface area contributed by atoms with E-state index in [-0.39, 0.29) is 11.2 Å². The molecule has 0 saturated heterocycles. The van der Waals surface area contributed by atoms with Crippen molar-refractivity contribution in [1.29, 1.82) is 0 Å². The van der Waals surface area contributed by atoms with Crippen LogP contribution in [0.4, 0.5) is 0 Å². The SMILES string of the molecule is O=C(NC1CC1)[C@H](Sc1ncc(-c2ccc(Br)cc2)[nH]1)c1ccccc1. The van der Waals surface area contributed by atoms with Crippen molar-refractivity contribution in [2.24, 2.45) is 0 Å². The van der Waals surface area contributed by atoms with E-state index in [1.807, 2.05) is 60.8 Å². The number of thioether (sulfide) groups is 1. The van der Waals surface area contributed by atoms with Gasteiger partial charge in [-0.3, -0.25) is 4.79 Å². The summed E-state index contributed by atoms with van der Waals surface area (Å²) in [7, 11) is 0. The fourth-order valence-corrected chi connectivity index (χ4v) is 3.89. The summed E-state index contributed by atoms with van der Waals surface area (Å²) in [4.78, 5) is 20.5. The van der Waals surface area contributed by atoms with Gasteiger partial charge in [-0.1, -0.05) is 70.2 Å². The van der Waals surface area contributed by atoms with Gasteiger partial charge < -0.3 is 10.3 Å². The smallest absolute Gasteiger partial charge is 0.238 e. The Hall–Kier alpha value is -2.05. The lowest BCUT2D eigenvalue weighted by molar-refractivity contribution is -0.120. The Morgan fingerprint density at radius 2 is 1.88 bits per heavy atom. The zero-order valence-corrected chi connectivity index (χ0v) is 16.4. The van der Waals surface area contributed by atoms with Crippen LogP contribution in [0.25, 0.3) is 11.3 Å². The maximum atomic E-state index is 12.7. The van der Waals surface area contributed by atoms with E-state index >= 15 is 0 Å². The number of halogens is 1. The van der Waals surface area contributed by atoms with E-state index in [2.05, 4.69) is 31.2 Å². The number of rotatable bonds is 6. The number of benzene rings is 2. The summed E-state index contributed by atoms with van der Waals surface area (Å²) >= 11 is 4.90. The molecule has 1 aromatic heterocycles. The van der Waals surface area contributed by atoms with Gasteiger partial charge in [-0.25, -0.2) is 4.98 Å². The van der Waals surface area contributed by atoms with Gasteiger partial charge in [-0.05, 0) is 36.1 Å². The zero-order chi connectivity index (χ0) is 17.9. The lowest BCUT2D eigenvalue weighted by Gasteiger charge is -2.15. The van der Waals surface area contributed by atoms with E-state index in [1.54, 1.807) is 0 Å². The van der Waals surface area contributed by atoms with Crippen LogP contribution in [0.5, 0.6) is 0 Å². The van der Waals surface area contributed by atoms with Crippen LogP contribution in [-0.4, -0.2) is 21.9 Å². The van der Waals surface area contributed by atoms with E-state index in [0.29, 0.717) is 6.04 Å². The standard InChI is InChI=1S/C20H18BrN3OS/c21-15-8-6-13(7-9-15)17-12-22-20(24-17)26-18(14-4-2-1-3-5-14)19(25)23-16-10-11-16/h1-9,12,16,18H,10-11H2,(H,22,24)(H,23,25)/t18-/m1/s1. The number of hydrogen-bond donors (Lipinski definition) is 2. The quantitative estimate of drug-likeness (QED) is 0.547. The Balaban J connectivity index is 1.55. The lowest BCUT2D eigenvalue weighted by atomic mass is 10.1. The van der Waals surface area contributed by atoms with Crippen molar-refractivity contribution in [3.63, 3.8) is 0 Å². The Kier molecular flexibility index (Phi) is 5.13. The molecular formula is C20H18BrN3OS. The average Bonchev–Trinajstić information content (AvgIpc) is 3.35. The van der Waals surface area contributed by atoms with E-state index < -0.39 is 0 Å². The zero-order valence-electron chi connectivity index (χ0n) is 14.0. The fraction of sp³-hybridized carbons (Fsp3) is 0.200. The van der Waals surface area contributed by atoms with Gasteiger partial charge in [0.2, 0.25) is 5.91 Å². The van der Waals surface area contributed by atoms with Crippen LogP contribution < -0.4 is 5.32 Å². The molecule has 0 spiro atoms. The molecule has 0 unspecified atom stereocenters. The van der Waals surface area contributed by atoms with Crippen LogP contribution in [0.15, 0.2) is 70.4 Å². The summed E-state index contributed by atoms with van der Waals surface area (Å²) < 4.78 is 1.04. The van der Waals surface area contributed by atoms with Crippen LogP contribution in [0.1, 0.15) is 23.7 Å². The summed E-state index contributed by atoms with van der Waals surface area (Å²) in [5.74, 6) is 0.0466. The number of carbonyl (C=O) groups excluding carboxylic acids is 1. The molecule has 0 bridgehead atoms. The molecule has 4 nitrogen and oxygen atoms in total. The van der Waals surface area contributed by atoms with Gasteiger partial charge in [0.15, 0.2) is 5.16 Å². The topological polar surface area (TPSA) is 57.8 Å². The number of nitrogens with one attached hydrogen (secondary N) is 2. The Labute approximate surface area is 164 Å². The van der Waals surface area contributed by atoms with Crippen LogP contribution in [0.2, 0.25) is 0 Å². The maximum absolute atomic E-state index is 12.7. The molecule has 132 valence electrons. The highest BCUT2D eigenvalue weighted by atomic mass is 79.9. The van der Waals surface area contributed by atoms with Crippen molar-refractivity contribution in [3.8, 4) is 11.3 Å². The first-order valence-electron chi connectivity index (χ1n) is 8.52. The van der Waals surface area contributed by atoms with Gasteiger partial charge in [0.25, 0.3) is 0 Å². The molecule has 1 fully saturated rings. The minimum atomic E-state index is -0.319. The summed E-state index contributed by atoms with van der Waals surface area (Å²) in [6, 6.07) is 18.3. The van der Waals surface area contributed by atoms with Gasteiger partial charge in [-0.2, -0.15) is 0 Å². The third-order valence-electron chi connectivity index (χ3n) is 4.20. The van der Waals surface area contributed by atoms with Crippen LogP contribution in [0, 0.1) is 0 Å². The Morgan fingerprint density at radius 1 is 1.15 bits per heavy atom. The van der Waals surface area contributed by atoms with Gasteiger partial charge in [0, 0.05) is 10.5 Å². The number of carbonyl (C=O) groups is 1. The molecular weight excluding hydrogens is 410 g/mol. The molecule has 1 amide bonds. The van der Waals surface area contributed by atoms with Crippen molar-refractivity contribution >= 4 is 33.6 Å². The highest BCUT2D eigenvalue weighted by Gasteiger charge is 2.29. The van der Waals surface area contributed by atoms with Crippen molar-refractivity contribution in [3.05, 3.63) is 70.8 Å². The van der Waals surface area contributed by atoms with Crippen molar-refractivity contribution in [2.45, 2.75) is 29.3 Å². The average molecular weight is 428 g/mol. The monoisotopic (exact) mass is 427 g/mol. The summed E-state index contributed by atoms with van der Waals surface area (Å²) in [5.41, 5.74) is 2.98. The number of amides is 1. The second-order valence-electron chi connectivity index (χ2n) is 6.30. The number of aromatic nitrogens is 2. The highest BCUT2D eigenvalue weighted by molar-refractivity contribution is 9.10. The van der Waals surface area contributed by atoms with Crippen LogP contribution in [0.3, 0.4) is 0 Å². The van der Waals surface area contributed by atoms with Crippen LogP contribution >= 0.6 is 27.7 Å². The molecule has 6 heteroatoms. The molecule has 1 aliphatic rings. The van der Waals surface area contributed by atoms with E-state index in [1.165, 1.54) is 11.8 Å². The third-order valence-corrected chi connectivity index (χ3v) is 5.88. The molecule has 4 rings (SSSR count). The molecule has 1 atom stereocenters. The van der Waals surface area contributed by atoms with Crippen molar-refractivity contribution < 1.29 is 4.79 Å². The normalized spacial score (nSPS) is 14.8. The fourth-order valence-electron chi connectivity index (χ4n) is 2.66. The molecule has 0 radical (unpaired) electrons. The predicted molar refractivity (Wildman–Crippen MR) is 108 cm³/mol. The first kappa shape index (κ1) is 17.4. The first-order valence-corrected chi connectivity index (χ1v) is 10.2.